The van der Waals surface area contributed by atoms with Gasteiger partial charge < -0.3 is 14.0 Å². The molecule has 5 heterocycles. The molecule has 0 unspecified atom stereocenters. The number of aromatic nitrogens is 4. The molecule has 6 heteroatoms. The summed E-state index contributed by atoms with van der Waals surface area (Å²) >= 11 is 0. The van der Waals surface area contributed by atoms with Gasteiger partial charge in [0.05, 0.1) is 22.4 Å². The van der Waals surface area contributed by atoms with Crippen LogP contribution >= 0.6 is 0 Å². The van der Waals surface area contributed by atoms with Crippen LogP contribution in [0.25, 0.3) is 61.3 Å². The summed E-state index contributed by atoms with van der Waals surface area (Å²) < 4.78 is 8.36. The molecule has 3 aromatic carbocycles. The fourth-order valence-electron chi connectivity index (χ4n) is 6.00. The molecule has 0 saturated carbocycles. The van der Waals surface area contributed by atoms with Gasteiger partial charge in [0, 0.05) is 49.5 Å². The smallest absolute Gasteiger partial charge is 0.216 e. The normalized spacial score (nSPS) is 12.5. The summed E-state index contributed by atoms with van der Waals surface area (Å²) in [6.45, 7) is 11.8. The van der Waals surface area contributed by atoms with Crippen molar-refractivity contribution in [1.29, 1.82) is 0 Å². The van der Waals surface area contributed by atoms with Gasteiger partial charge in [-0.1, -0.05) is 61.6 Å². The van der Waals surface area contributed by atoms with Gasteiger partial charge in [-0.2, -0.15) is 0 Å². The van der Waals surface area contributed by atoms with Crippen molar-refractivity contribution in [2.75, 3.05) is 0 Å². The summed E-state index contributed by atoms with van der Waals surface area (Å²) in [5.41, 5.74) is 11.7. The Kier molecular flexibility index (Phi) is 8.30. The average Bonchev–Trinajstić information content (AvgIpc) is 3.58. The molecule has 0 saturated heterocycles. The first-order valence-electron chi connectivity index (χ1n) is 15.0. The molecule has 227 valence electrons. The van der Waals surface area contributed by atoms with Crippen LogP contribution in [0.5, 0.6) is 0 Å². The molecule has 1 aliphatic heterocycles. The summed E-state index contributed by atoms with van der Waals surface area (Å²) in [6, 6.07) is 33.2. The van der Waals surface area contributed by atoms with E-state index in [0.29, 0.717) is 5.71 Å². The van der Waals surface area contributed by atoms with E-state index in [1.807, 2.05) is 49.5 Å². The molecule has 7 aromatic rings. The van der Waals surface area contributed by atoms with E-state index < -0.39 is 0 Å². The SMILES string of the molecule is CC1=CCn2c(-c3[c-]cccc3)nc3cccc1c32.Cc1ccc2c(n1)oc1c(-c3cc(CC(C)(C)C)ccn3)[c-]ccc12.[Ir]. The third-order valence-corrected chi connectivity index (χ3v) is 7.97. The van der Waals surface area contributed by atoms with Gasteiger partial charge in [-0.25, -0.2) is 4.98 Å². The van der Waals surface area contributed by atoms with Crippen molar-refractivity contribution in [2.24, 2.45) is 5.41 Å². The summed E-state index contributed by atoms with van der Waals surface area (Å²) in [4.78, 5) is 13.9. The second-order valence-electron chi connectivity index (χ2n) is 12.7. The standard InChI is InChI=1S/C22H21N2O.C17H13N2.Ir/c1-14-8-9-17-16-6-5-7-18(20(16)25-21(17)24-14)19-12-15(10-11-23-19)13-22(2,3)4;1-12-10-11-19-16-14(12)8-5-9-15(16)18-17(19)13-6-3-2-4-7-13;/h5-6,8-12H,13H2,1-4H3;2-6,8-10H,11H2,1H3;/q2*-1;. The Morgan fingerprint density at radius 2 is 1.76 bits per heavy atom. The Labute approximate surface area is 277 Å². The van der Waals surface area contributed by atoms with Crippen molar-refractivity contribution in [3.05, 3.63) is 120 Å². The molecule has 0 bridgehead atoms. The molecule has 5 nitrogen and oxygen atoms in total. The molecular weight excluding hydrogens is 733 g/mol. The summed E-state index contributed by atoms with van der Waals surface area (Å²) in [7, 11) is 0. The number of rotatable bonds is 3. The minimum atomic E-state index is 0. The second-order valence-corrected chi connectivity index (χ2v) is 12.7. The number of imidazole rings is 1. The zero-order valence-corrected chi connectivity index (χ0v) is 28.5. The maximum Gasteiger partial charge on any atom is 0.216 e. The van der Waals surface area contributed by atoms with Crippen molar-refractivity contribution in [3.8, 4) is 22.6 Å². The molecule has 1 radical (unpaired) electrons. The number of allylic oxidation sites excluding steroid dienone is 2. The van der Waals surface area contributed by atoms with Crippen molar-refractivity contribution in [1.82, 2.24) is 19.5 Å². The molecule has 1 aliphatic rings. The third kappa shape index (κ3) is 6.01. The number of hydrogen-bond acceptors (Lipinski definition) is 4. The van der Waals surface area contributed by atoms with E-state index >= 15 is 0 Å². The number of pyridine rings is 2. The molecule has 0 amide bonds. The fourth-order valence-corrected chi connectivity index (χ4v) is 6.00. The van der Waals surface area contributed by atoms with Crippen LogP contribution in [0.4, 0.5) is 0 Å². The molecule has 0 N–H and O–H groups in total. The Bertz CT molecular complexity index is 2180. The van der Waals surface area contributed by atoms with E-state index in [-0.39, 0.29) is 25.5 Å². The van der Waals surface area contributed by atoms with Crippen LogP contribution in [0, 0.1) is 24.5 Å². The minimum absolute atomic E-state index is 0. The van der Waals surface area contributed by atoms with Crippen molar-refractivity contribution < 1.29 is 24.5 Å². The molecular formula is C39H34IrN4O-2. The topological polar surface area (TPSA) is 56.7 Å². The fraction of sp³-hybridized carbons (Fsp3) is 0.205. The van der Waals surface area contributed by atoms with Gasteiger partial charge in [-0.3, -0.25) is 4.98 Å². The van der Waals surface area contributed by atoms with Crippen LogP contribution in [0.3, 0.4) is 0 Å². The molecule has 45 heavy (non-hydrogen) atoms. The Morgan fingerprint density at radius 3 is 2.56 bits per heavy atom. The minimum Gasteiger partial charge on any atom is -0.486 e. The monoisotopic (exact) mass is 767 g/mol. The molecule has 0 aliphatic carbocycles. The molecule has 0 fully saturated rings. The van der Waals surface area contributed by atoms with Crippen molar-refractivity contribution in [2.45, 2.75) is 47.6 Å². The summed E-state index contributed by atoms with van der Waals surface area (Å²) in [5, 5.41) is 2.08. The second kappa shape index (κ2) is 12.2. The number of aryl methyl sites for hydroxylation is 1. The predicted octanol–water partition coefficient (Wildman–Crippen LogP) is 9.66. The number of para-hydroxylation sites is 1. The van der Waals surface area contributed by atoms with Crippen molar-refractivity contribution >= 4 is 38.7 Å². The average molecular weight is 767 g/mol. The Balaban J connectivity index is 0.000000160. The van der Waals surface area contributed by atoms with Gasteiger partial charge in [-0.05, 0) is 61.2 Å². The van der Waals surface area contributed by atoms with E-state index in [1.54, 1.807) is 0 Å². The molecule has 4 aromatic heterocycles. The summed E-state index contributed by atoms with van der Waals surface area (Å²) in [6.07, 6.45) is 5.13. The van der Waals surface area contributed by atoms with E-state index in [9.17, 15) is 0 Å². The number of fused-ring (bicyclic) bond motifs is 3. The van der Waals surface area contributed by atoms with Crippen LogP contribution in [0.15, 0.2) is 95.6 Å². The van der Waals surface area contributed by atoms with E-state index in [4.69, 9.17) is 9.40 Å². The van der Waals surface area contributed by atoms with E-state index in [2.05, 4.69) is 103 Å². The number of furan rings is 1. The Morgan fingerprint density at radius 1 is 0.889 bits per heavy atom. The first-order valence-corrected chi connectivity index (χ1v) is 15.0. The maximum atomic E-state index is 6.08. The zero-order chi connectivity index (χ0) is 30.4. The Hall–Kier alpha value is -4.38. The molecule has 0 atom stereocenters. The zero-order valence-electron chi connectivity index (χ0n) is 26.1. The molecule has 8 rings (SSSR count). The number of benzene rings is 3. The summed E-state index contributed by atoms with van der Waals surface area (Å²) in [5.74, 6) is 1.01. The van der Waals surface area contributed by atoms with Gasteiger partial charge in [0.2, 0.25) is 5.71 Å². The van der Waals surface area contributed by atoms with Gasteiger partial charge in [0.25, 0.3) is 0 Å². The van der Waals surface area contributed by atoms with E-state index in [0.717, 1.165) is 63.2 Å². The van der Waals surface area contributed by atoms with Gasteiger partial charge in [0.15, 0.2) is 0 Å². The largest absolute Gasteiger partial charge is 0.486 e. The van der Waals surface area contributed by atoms with E-state index in [1.165, 1.54) is 22.2 Å². The quantitative estimate of drug-likeness (QED) is 0.168. The predicted molar refractivity (Wildman–Crippen MR) is 179 cm³/mol. The van der Waals surface area contributed by atoms with Crippen LogP contribution in [-0.2, 0) is 33.1 Å². The number of nitrogens with zero attached hydrogens (tertiary/aromatic N) is 4. The number of hydrogen-bond donors (Lipinski definition) is 0. The third-order valence-electron chi connectivity index (χ3n) is 7.97. The van der Waals surface area contributed by atoms with Crippen LogP contribution in [0.1, 0.15) is 44.5 Å². The van der Waals surface area contributed by atoms with Crippen LogP contribution < -0.4 is 0 Å². The maximum absolute atomic E-state index is 6.08. The van der Waals surface area contributed by atoms with Gasteiger partial charge in [0.1, 0.15) is 0 Å². The van der Waals surface area contributed by atoms with Gasteiger partial charge in [-0.15, -0.1) is 54.1 Å². The van der Waals surface area contributed by atoms with Crippen LogP contribution in [0.2, 0.25) is 0 Å². The first-order chi connectivity index (χ1) is 21.2. The van der Waals surface area contributed by atoms with Gasteiger partial charge >= 0.3 is 0 Å². The van der Waals surface area contributed by atoms with Crippen LogP contribution in [-0.4, -0.2) is 19.5 Å². The van der Waals surface area contributed by atoms with Crippen molar-refractivity contribution in [3.63, 3.8) is 0 Å². The molecule has 0 spiro atoms. The first kappa shape index (κ1) is 30.6.